The smallest absolute Gasteiger partial charge is 0.211 e. The van der Waals surface area contributed by atoms with Crippen molar-refractivity contribution in [3.63, 3.8) is 0 Å². The molecule has 1 aliphatic carbocycles. The van der Waals surface area contributed by atoms with E-state index >= 15 is 0 Å². The first-order chi connectivity index (χ1) is 12.0. The van der Waals surface area contributed by atoms with Crippen LogP contribution in [0.25, 0.3) is 10.9 Å². The molecule has 0 bridgehead atoms. The number of aromatic nitrogens is 1. The van der Waals surface area contributed by atoms with Crippen molar-refractivity contribution in [3.05, 3.63) is 36.3 Å². The number of halogens is 1. The number of anilines is 1. The molecule has 1 aromatic heterocycles. The fraction of sp³-hybridized carbons (Fsp3) is 0.500. The molecule has 0 radical (unpaired) electrons. The average molecular weight is 365 g/mol. The van der Waals surface area contributed by atoms with Crippen LogP contribution >= 0.6 is 0 Å². The highest BCUT2D eigenvalue weighted by molar-refractivity contribution is 7.89. The largest absolute Gasteiger partial charge is 0.382 e. The Labute approximate surface area is 148 Å². The highest BCUT2D eigenvalue weighted by atomic mass is 32.2. The number of hydrogen-bond acceptors (Lipinski definition) is 4. The molecule has 0 aliphatic heterocycles. The number of hydrogen-bond donors (Lipinski definition) is 2. The first-order valence-electron chi connectivity index (χ1n) is 8.75. The van der Waals surface area contributed by atoms with Crippen molar-refractivity contribution in [2.45, 2.75) is 38.6 Å². The van der Waals surface area contributed by atoms with E-state index in [9.17, 15) is 12.8 Å². The molecule has 1 aliphatic rings. The zero-order chi connectivity index (χ0) is 17.9. The van der Waals surface area contributed by atoms with E-state index in [-0.39, 0.29) is 17.6 Å². The molecule has 2 N–H and O–H groups in total. The summed E-state index contributed by atoms with van der Waals surface area (Å²) in [6.07, 6.45) is 5.41. The topological polar surface area (TPSA) is 71.1 Å². The molecule has 0 saturated heterocycles. The molecule has 2 aromatic rings. The lowest BCUT2D eigenvalue weighted by Crippen LogP contribution is -2.34. The Hall–Kier alpha value is -1.73. The molecule has 25 heavy (non-hydrogen) atoms. The summed E-state index contributed by atoms with van der Waals surface area (Å²) in [6.45, 7) is 2.15. The van der Waals surface area contributed by atoms with Gasteiger partial charge >= 0.3 is 0 Å². The molecule has 1 heterocycles. The second-order valence-electron chi connectivity index (χ2n) is 6.65. The third-order valence-electron chi connectivity index (χ3n) is 4.85. The highest BCUT2D eigenvalue weighted by Gasteiger charge is 2.22. The molecule has 7 heteroatoms. The van der Waals surface area contributed by atoms with E-state index in [1.165, 1.54) is 6.07 Å². The van der Waals surface area contributed by atoms with E-state index in [0.29, 0.717) is 18.0 Å². The predicted octanol–water partition coefficient (Wildman–Crippen LogP) is 3.28. The van der Waals surface area contributed by atoms with Gasteiger partial charge < -0.3 is 5.32 Å². The summed E-state index contributed by atoms with van der Waals surface area (Å²) in [7, 11) is -3.12. The number of rotatable bonds is 6. The molecule has 1 fully saturated rings. The van der Waals surface area contributed by atoms with Gasteiger partial charge in [0.15, 0.2) is 5.82 Å². The normalized spacial score (nSPS) is 21.4. The summed E-state index contributed by atoms with van der Waals surface area (Å²) in [5.41, 5.74) is 1.16. The van der Waals surface area contributed by atoms with Gasteiger partial charge in [-0.1, -0.05) is 6.07 Å². The first kappa shape index (κ1) is 18.1. The van der Waals surface area contributed by atoms with E-state index in [1.807, 2.05) is 12.1 Å². The van der Waals surface area contributed by atoms with Crippen molar-refractivity contribution < 1.29 is 12.8 Å². The second-order valence-corrected chi connectivity index (χ2v) is 8.74. The van der Waals surface area contributed by atoms with E-state index < -0.39 is 10.0 Å². The van der Waals surface area contributed by atoms with Crippen LogP contribution in [0.3, 0.4) is 0 Å². The van der Waals surface area contributed by atoms with E-state index in [0.717, 1.165) is 36.8 Å². The third-order valence-corrected chi connectivity index (χ3v) is 6.21. The van der Waals surface area contributed by atoms with Gasteiger partial charge in [0.2, 0.25) is 10.0 Å². The maximum absolute atomic E-state index is 14.1. The van der Waals surface area contributed by atoms with Gasteiger partial charge in [0.1, 0.15) is 5.52 Å². The molecule has 1 saturated carbocycles. The Morgan fingerprint density at radius 2 is 2.00 bits per heavy atom. The predicted molar refractivity (Wildman–Crippen MR) is 98.5 cm³/mol. The fourth-order valence-electron chi connectivity index (χ4n) is 3.32. The Morgan fingerprint density at radius 3 is 2.72 bits per heavy atom. The zero-order valence-electron chi connectivity index (χ0n) is 14.3. The van der Waals surface area contributed by atoms with Gasteiger partial charge in [-0.25, -0.2) is 17.5 Å². The van der Waals surface area contributed by atoms with Crippen LogP contribution in [0.5, 0.6) is 0 Å². The standard InChI is InChI=1S/C18H24FN3O2S/c1-2-25(23,24)21-12-13-5-7-15(8-6-13)22-16-10-14-4-3-9-20-18(14)17(19)11-16/h3-4,9-11,13,15,21-22H,2,5-8,12H2,1H3/t13-,15-. The first-order valence-corrected chi connectivity index (χ1v) is 10.4. The maximum Gasteiger partial charge on any atom is 0.211 e. The van der Waals surface area contributed by atoms with E-state index in [1.54, 1.807) is 19.2 Å². The summed E-state index contributed by atoms with van der Waals surface area (Å²) in [5, 5.41) is 4.20. The number of fused-ring (bicyclic) bond motifs is 1. The molecule has 0 unspecified atom stereocenters. The zero-order valence-corrected chi connectivity index (χ0v) is 15.2. The average Bonchev–Trinajstić information content (AvgIpc) is 2.61. The molecule has 1 aromatic carbocycles. The Bertz CT molecular complexity index is 833. The minimum absolute atomic E-state index is 0.117. The number of nitrogens with zero attached hydrogens (tertiary/aromatic N) is 1. The van der Waals surface area contributed by atoms with Gasteiger partial charge in [-0.05, 0) is 56.7 Å². The molecule has 0 spiro atoms. The summed E-state index contributed by atoms with van der Waals surface area (Å²) in [6, 6.07) is 7.36. The quantitative estimate of drug-likeness (QED) is 0.824. The van der Waals surface area contributed by atoms with Crippen LogP contribution in [-0.2, 0) is 10.0 Å². The summed E-state index contributed by atoms with van der Waals surface area (Å²) in [5.74, 6) is 0.173. The summed E-state index contributed by atoms with van der Waals surface area (Å²) in [4.78, 5) is 4.07. The SMILES string of the molecule is CCS(=O)(=O)NC[C@H]1CC[C@H](Nc2cc(F)c3ncccc3c2)CC1. The van der Waals surface area contributed by atoms with Crippen molar-refractivity contribution in [1.82, 2.24) is 9.71 Å². The number of sulfonamides is 1. The second kappa shape index (κ2) is 7.66. The molecule has 3 rings (SSSR count). The lowest BCUT2D eigenvalue weighted by molar-refractivity contribution is 0.337. The van der Waals surface area contributed by atoms with Gasteiger partial charge in [-0.15, -0.1) is 0 Å². The molecule has 5 nitrogen and oxygen atoms in total. The molecular weight excluding hydrogens is 341 g/mol. The highest BCUT2D eigenvalue weighted by Crippen LogP contribution is 2.28. The molecule has 0 atom stereocenters. The van der Waals surface area contributed by atoms with Crippen LogP contribution in [0.15, 0.2) is 30.5 Å². The van der Waals surface area contributed by atoms with Crippen LogP contribution in [0.4, 0.5) is 10.1 Å². The van der Waals surface area contributed by atoms with Gasteiger partial charge in [0, 0.05) is 29.9 Å². The third kappa shape index (κ3) is 4.67. The van der Waals surface area contributed by atoms with Gasteiger partial charge in [-0.3, -0.25) is 4.98 Å². The number of benzene rings is 1. The number of nitrogens with one attached hydrogen (secondary N) is 2. The van der Waals surface area contributed by atoms with Crippen LogP contribution in [0.1, 0.15) is 32.6 Å². The van der Waals surface area contributed by atoms with Crippen LogP contribution in [0.2, 0.25) is 0 Å². The van der Waals surface area contributed by atoms with Crippen molar-refractivity contribution in [2.24, 2.45) is 5.92 Å². The monoisotopic (exact) mass is 365 g/mol. The Morgan fingerprint density at radius 1 is 1.24 bits per heavy atom. The van der Waals surface area contributed by atoms with Crippen LogP contribution in [-0.4, -0.2) is 31.7 Å². The minimum atomic E-state index is -3.12. The van der Waals surface area contributed by atoms with Gasteiger partial charge in [0.05, 0.1) is 5.75 Å². The van der Waals surface area contributed by atoms with Gasteiger partial charge in [-0.2, -0.15) is 0 Å². The minimum Gasteiger partial charge on any atom is -0.382 e. The van der Waals surface area contributed by atoms with Crippen molar-refractivity contribution in [1.29, 1.82) is 0 Å². The fourth-order valence-corrected chi connectivity index (χ4v) is 4.02. The Kier molecular flexibility index (Phi) is 5.54. The van der Waals surface area contributed by atoms with Gasteiger partial charge in [0.25, 0.3) is 0 Å². The number of pyridine rings is 1. The lowest BCUT2D eigenvalue weighted by Gasteiger charge is -2.30. The Balaban J connectivity index is 1.56. The molecular formula is C18H24FN3O2S. The van der Waals surface area contributed by atoms with Crippen molar-refractivity contribution in [2.75, 3.05) is 17.6 Å². The molecule has 136 valence electrons. The van der Waals surface area contributed by atoms with Crippen LogP contribution < -0.4 is 10.0 Å². The van der Waals surface area contributed by atoms with Crippen molar-refractivity contribution >= 4 is 26.6 Å². The maximum atomic E-state index is 14.1. The summed E-state index contributed by atoms with van der Waals surface area (Å²) >= 11 is 0. The lowest BCUT2D eigenvalue weighted by atomic mass is 9.86. The van der Waals surface area contributed by atoms with Crippen LogP contribution in [0, 0.1) is 11.7 Å². The van der Waals surface area contributed by atoms with E-state index in [4.69, 9.17) is 0 Å². The summed E-state index contributed by atoms with van der Waals surface area (Å²) < 4.78 is 39.9. The van der Waals surface area contributed by atoms with E-state index in [2.05, 4.69) is 15.0 Å². The molecule has 0 amide bonds. The van der Waals surface area contributed by atoms with Crippen molar-refractivity contribution in [3.8, 4) is 0 Å².